The number of ether oxygens (including phenoxy) is 1. The zero-order chi connectivity index (χ0) is 20.9. The van der Waals surface area contributed by atoms with Crippen molar-refractivity contribution in [2.24, 2.45) is 23.7 Å². The Kier molecular flexibility index (Phi) is 5.30. The summed E-state index contributed by atoms with van der Waals surface area (Å²) in [4.78, 5) is 15.0. The average molecular weight is 422 g/mol. The number of alkyl halides is 3. The number of rotatable bonds is 4. The Morgan fingerprint density at radius 2 is 1.80 bits per heavy atom. The number of morpholine rings is 1. The highest BCUT2D eigenvalue weighted by molar-refractivity contribution is 5.81. The van der Waals surface area contributed by atoms with Gasteiger partial charge in [0.2, 0.25) is 0 Å². The molecule has 1 amide bonds. The summed E-state index contributed by atoms with van der Waals surface area (Å²) in [5.41, 5.74) is -0.0311. The largest absolute Gasteiger partial charge is 0.416 e. The molecule has 6 rings (SSSR count). The molecular formula is C23H29F3N2O2. The highest BCUT2D eigenvalue weighted by Gasteiger charge is 2.49. The number of amides is 1. The third kappa shape index (κ3) is 4.11. The van der Waals surface area contributed by atoms with Crippen LogP contribution < -0.4 is 5.32 Å². The number of nitrogens with one attached hydrogen (secondary N) is 1. The van der Waals surface area contributed by atoms with E-state index in [0.717, 1.165) is 17.9 Å². The summed E-state index contributed by atoms with van der Waals surface area (Å²) in [5.74, 6) is 2.87. The maximum atomic E-state index is 13.0. The molecular weight excluding hydrogens is 393 g/mol. The minimum Gasteiger partial charge on any atom is -0.366 e. The molecule has 1 saturated heterocycles. The van der Waals surface area contributed by atoms with Crippen LogP contribution in [0, 0.1) is 23.7 Å². The summed E-state index contributed by atoms with van der Waals surface area (Å²) in [6.07, 6.45) is 1.44. The van der Waals surface area contributed by atoms with Gasteiger partial charge in [0, 0.05) is 25.7 Å². The molecule has 1 N–H and O–H groups in total. The average Bonchev–Trinajstić information content (AvgIpc) is 2.70. The molecule has 4 saturated carbocycles. The van der Waals surface area contributed by atoms with Gasteiger partial charge >= 0.3 is 6.18 Å². The lowest BCUT2D eigenvalue weighted by Gasteiger charge is -2.54. The molecule has 4 nitrogen and oxygen atoms in total. The van der Waals surface area contributed by atoms with E-state index in [1.165, 1.54) is 44.2 Å². The van der Waals surface area contributed by atoms with Crippen LogP contribution in [0.1, 0.15) is 43.2 Å². The maximum absolute atomic E-state index is 13.0. The van der Waals surface area contributed by atoms with Crippen molar-refractivity contribution in [3.63, 3.8) is 0 Å². The Labute approximate surface area is 175 Å². The highest BCUT2D eigenvalue weighted by atomic mass is 19.4. The van der Waals surface area contributed by atoms with Gasteiger partial charge in [-0.3, -0.25) is 9.69 Å². The van der Waals surface area contributed by atoms with Gasteiger partial charge in [-0.1, -0.05) is 18.2 Å². The normalized spacial score (nSPS) is 36.1. The maximum Gasteiger partial charge on any atom is 0.416 e. The lowest BCUT2D eigenvalue weighted by molar-refractivity contribution is -0.142. The molecule has 1 unspecified atom stereocenters. The molecule has 4 aliphatic carbocycles. The quantitative estimate of drug-likeness (QED) is 0.802. The van der Waals surface area contributed by atoms with Crippen LogP contribution in [0.4, 0.5) is 13.2 Å². The first kappa shape index (κ1) is 20.3. The number of carbonyl (C=O) groups excluding carboxylic acids is 1. The van der Waals surface area contributed by atoms with Crippen LogP contribution in [-0.2, 0) is 22.3 Å². The topological polar surface area (TPSA) is 41.6 Å². The first-order valence-corrected chi connectivity index (χ1v) is 11.2. The van der Waals surface area contributed by atoms with Crippen molar-refractivity contribution in [3.8, 4) is 0 Å². The molecule has 4 bridgehead atoms. The number of hydrogen-bond acceptors (Lipinski definition) is 3. The van der Waals surface area contributed by atoms with E-state index in [1.54, 1.807) is 6.07 Å². The van der Waals surface area contributed by atoms with E-state index in [4.69, 9.17) is 4.74 Å². The standard InChI is InChI=1S/C23H29F3N2O2/c24-23(25,26)19-3-1-2-14(11-19)12-28-4-5-30-20(13-28)22(29)27-21-17-7-15-6-16(9-17)10-18(21)8-15/h1-3,11,15-18,20-21H,4-10,12-13H2,(H,27,29). The van der Waals surface area contributed by atoms with Crippen LogP contribution in [-0.4, -0.2) is 42.6 Å². The molecule has 7 heteroatoms. The SMILES string of the molecule is O=C(NC1C2CC3CC(C2)CC1C3)C1CN(Cc2cccc(C(F)(F)F)c2)CCO1. The predicted molar refractivity (Wildman–Crippen MR) is 105 cm³/mol. The Morgan fingerprint density at radius 3 is 2.47 bits per heavy atom. The van der Waals surface area contributed by atoms with Crippen molar-refractivity contribution in [2.75, 3.05) is 19.7 Å². The minimum absolute atomic E-state index is 0.0544. The molecule has 0 aromatic heterocycles. The van der Waals surface area contributed by atoms with Crippen molar-refractivity contribution in [1.29, 1.82) is 0 Å². The van der Waals surface area contributed by atoms with Crippen LogP contribution in [0.5, 0.6) is 0 Å². The number of carbonyl (C=O) groups is 1. The third-order valence-corrected chi connectivity index (χ3v) is 7.64. The molecule has 0 spiro atoms. The molecule has 164 valence electrons. The monoisotopic (exact) mass is 422 g/mol. The van der Waals surface area contributed by atoms with Crippen molar-refractivity contribution >= 4 is 5.91 Å². The molecule has 30 heavy (non-hydrogen) atoms. The van der Waals surface area contributed by atoms with Crippen LogP contribution in [0.3, 0.4) is 0 Å². The molecule has 5 fully saturated rings. The van der Waals surface area contributed by atoms with Gasteiger partial charge in [-0.05, 0) is 67.4 Å². The third-order valence-electron chi connectivity index (χ3n) is 7.64. The zero-order valence-electron chi connectivity index (χ0n) is 17.0. The summed E-state index contributed by atoms with van der Waals surface area (Å²) < 4.78 is 44.7. The summed E-state index contributed by atoms with van der Waals surface area (Å²) in [6.45, 7) is 1.82. The summed E-state index contributed by atoms with van der Waals surface area (Å²) >= 11 is 0. The van der Waals surface area contributed by atoms with Crippen LogP contribution in [0.15, 0.2) is 24.3 Å². The van der Waals surface area contributed by atoms with E-state index in [9.17, 15) is 18.0 Å². The molecule has 1 atom stereocenters. The van der Waals surface area contributed by atoms with E-state index >= 15 is 0 Å². The summed E-state index contributed by atoms with van der Waals surface area (Å²) in [6, 6.07) is 5.69. The molecule has 5 aliphatic rings. The van der Waals surface area contributed by atoms with Crippen molar-refractivity contribution in [3.05, 3.63) is 35.4 Å². The molecule has 1 aliphatic heterocycles. The lowest BCUT2D eigenvalue weighted by Crippen LogP contribution is -2.59. The fourth-order valence-electron chi connectivity index (χ4n) is 6.53. The Hall–Kier alpha value is -1.60. The second-order valence-corrected chi connectivity index (χ2v) is 9.76. The first-order valence-electron chi connectivity index (χ1n) is 11.2. The van der Waals surface area contributed by atoms with Gasteiger partial charge in [0.25, 0.3) is 5.91 Å². The fourth-order valence-corrected chi connectivity index (χ4v) is 6.53. The van der Waals surface area contributed by atoms with Crippen LogP contribution >= 0.6 is 0 Å². The fraction of sp³-hybridized carbons (Fsp3) is 0.696. The molecule has 1 aromatic rings. The molecule has 1 aromatic carbocycles. The van der Waals surface area contributed by atoms with Crippen molar-refractivity contribution < 1.29 is 22.7 Å². The van der Waals surface area contributed by atoms with Gasteiger partial charge in [0.1, 0.15) is 6.10 Å². The van der Waals surface area contributed by atoms with Gasteiger partial charge in [-0.2, -0.15) is 13.2 Å². The number of hydrogen-bond donors (Lipinski definition) is 1. The Balaban J connectivity index is 1.19. The van der Waals surface area contributed by atoms with Gasteiger partial charge < -0.3 is 10.1 Å². The second-order valence-electron chi connectivity index (χ2n) is 9.76. The Bertz CT molecular complexity index is 769. The van der Waals surface area contributed by atoms with Gasteiger partial charge in [0.15, 0.2) is 0 Å². The lowest BCUT2D eigenvalue weighted by atomic mass is 9.54. The molecule has 1 heterocycles. The number of benzene rings is 1. The van der Waals surface area contributed by atoms with E-state index in [1.807, 2.05) is 4.90 Å². The predicted octanol–water partition coefficient (Wildman–Crippen LogP) is 3.85. The smallest absolute Gasteiger partial charge is 0.366 e. The minimum atomic E-state index is -4.35. The second kappa shape index (κ2) is 7.83. The van der Waals surface area contributed by atoms with Gasteiger partial charge in [-0.15, -0.1) is 0 Å². The van der Waals surface area contributed by atoms with Crippen molar-refractivity contribution in [1.82, 2.24) is 10.2 Å². The van der Waals surface area contributed by atoms with E-state index < -0.39 is 17.8 Å². The summed E-state index contributed by atoms with van der Waals surface area (Å²) in [5, 5.41) is 3.31. The zero-order valence-corrected chi connectivity index (χ0v) is 17.0. The van der Waals surface area contributed by atoms with Crippen LogP contribution in [0.2, 0.25) is 0 Å². The Morgan fingerprint density at radius 1 is 1.10 bits per heavy atom. The number of nitrogens with zero attached hydrogens (tertiary/aromatic N) is 1. The molecule has 0 radical (unpaired) electrons. The van der Waals surface area contributed by atoms with Gasteiger partial charge in [-0.25, -0.2) is 0 Å². The van der Waals surface area contributed by atoms with E-state index in [0.29, 0.717) is 43.6 Å². The van der Waals surface area contributed by atoms with E-state index in [2.05, 4.69) is 5.32 Å². The first-order chi connectivity index (χ1) is 14.3. The van der Waals surface area contributed by atoms with Crippen molar-refractivity contribution in [2.45, 2.75) is 57.0 Å². The van der Waals surface area contributed by atoms with Gasteiger partial charge in [0.05, 0.1) is 12.2 Å². The summed E-state index contributed by atoms with van der Waals surface area (Å²) in [7, 11) is 0. The number of halogens is 3. The highest BCUT2D eigenvalue weighted by Crippen LogP contribution is 2.53. The van der Waals surface area contributed by atoms with Crippen LogP contribution in [0.25, 0.3) is 0 Å². The van der Waals surface area contributed by atoms with E-state index in [-0.39, 0.29) is 11.9 Å².